The van der Waals surface area contributed by atoms with Crippen molar-refractivity contribution in [1.29, 1.82) is 0 Å². The van der Waals surface area contributed by atoms with Crippen LogP contribution < -0.4 is 0 Å². The molecule has 0 spiro atoms. The van der Waals surface area contributed by atoms with Crippen LogP contribution in [0.4, 0.5) is 0 Å². The highest BCUT2D eigenvalue weighted by Gasteiger charge is 2.27. The van der Waals surface area contributed by atoms with Gasteiger partial charge in [0.25, 0.3) is 11.8 Å². The number of rotatable bonds is 2. The topological polar surface area (TPSA) is 76.3 Å². The van der Waals surface area contributed by atoms with Gasteiger partial charge in [0.2, 0.25) is 5.82 Å². The summed E-state index contributed by atoms with van der Waals surface area (Å²) < 4.78 is 3.60. The van der Waals surface area contributed by atoms with Gasteiger partial charge in [-0.05, 0) is 25.0 Å². The molecule has 0 unspecified atom stereocenters. The lowest BCUT2D eigenvalue weighted by Gasteiger charge is -2.19. The summed E-state index contributed by atoms with van der Waals surface area (Å²) in [5.41, 5.74) is 1.84. The van der Waals surface area contributed by atoms with Gasteiger partial charge in [-0.25, -0.2) is 4.98 Å². The Kier molecular flexibility index (Phi) is 4.03. The molecule has 132 valence electrons. The molecule has 1 fully saturated rings. The number of aromatic nitrogens is 4. The Labute approximate surface area is 146 Å². The van der Waals surface area contributed by atoms with Crippen molar-refractivity contribution in [2.75, 3.05) is 26.2 Å². The highest BCUT2D eigenvalue weighted by Crippen LogP contribution is 2.19. The molecule has 2 aromatic heterocycles. The number of nitrogens with zero attached hydrogens (tertiary/aromatic N) is 6. The fourth-order valence-corrected chi connectivity index (χ4v) is 3.62. The number of likely N-dealkylation sites (tertiary alicyclic amines) is 1. The molecule has 2 aromatic rings. The van der Waals surface area contributed by atoms with Crippen molar-refractivity contribution in [2.45, 2.75) is 25.8 Å². The van der Waals surface area contributed by atoms with Crippen molar-refractivity contribution in [3.05, 3.63) is 35.7 Å². The predicted molar refractivity (Wildman–Crippen MR) is 90.2 cm³/mol. The van der Waals surface area contributed by atoms with E-state index in [0.717, 1.165) is 43.7 Å². The number of hydrogen-bond acceptors (Lipinski definition) is 4. The SMILES string of the molecule is Cn1cnc(C(=O)N2CCc3ccc(C(=O)N4CCCC4)n3CC2)n1. The number of aryl methyl sites for hydroxylation is 1. The summed E-state index contributed by atoms with van der Waals surface area (Å²) in [5, 5.41) is 4.10. The molecule has 0 bridgehead atoms. The Bertz CT molecular complexity index is 802. The molecule has 8 heteroatoms. The summed E-state index contributed by atoms with van der Waals surface area (Å²) in [5.74, 6) is 0.177. The standard InChI is InChI=1S/C17H22N6O2/c1-20-12-18-15(19-20)17(25)22-9-6-13-4-5-14(23(13)11-10-22)16(24)21-7-2-3-8-21/h4-5,12H,2-3,6-11H2,1H3. The van der Waals surface area contributed by atoms with Gasteiger partial charge < -0.3 is 14.4 Å². The van der Waals surface area contributed by atoms with Crippen LogP contribution in [0.2, 0.25) is 0 Å². The highest BCUT2D eigenvalue weighted by molar-refractivity contribution is 5.93. The van der Waals surface area contributed by atoms with E-state index >= 15 is 0 Å². The van der Waals surface area contributed by atoms with E-state index in [1.54, 1.807) is 11.9 Å². The van der Waals surface area contributed by atoms with Crippen LogP contribution in [0.15, 0.2) is 18.5 Å². The van der Waals surface area contributed by atoms with Gasteiger partial charge in [0.15, 0.2) is 0 Å². The molecule has 0 radical (unpaired) electrons. The van der Waals surface area contributed by atoms with Gasteiger partial charge in [-0.2, -0.15) is 0 Å². The Morgan fingerprint density at radius 1 is 0.960 bits per heavy atom. The lowest BCUT2D eigenvalue weighted by atomic mass is 10.3. The van der Waals surface area contributed by atoms with Crippen LogP contribution in [0.1, 0.15) is 39.6 Å². The maximum Gasteiger partial charge on any atom is 0.293 e. The largest absolute Gasteiger partial charge is 0.339 e. The van der Waals surface area contributed by atoms with Crippen molar-refractivity contribution in [2.24, 2.45) is 7.05 Å². The Balaban J connectivity index is 1.50. The summed E-state index contributed by atoms with van der Waals surface area (Å²) in [7, 11) is 1.74. The zero-order valence-corrected chi connectivity index (χ0v) is 14.4. The first kappa shape index (κ1) is 15.9. The van der Waals surface area contributed by atoms with E-state index in [2.05, 4.69) is 14.6 Å². The molecule has 1 saturated heterocycles. The lowest BCUT2D eigenvalue weighted by Crippen LogP contribution is -2.35. The van der Waals surface area contributed by atoms with Crippen molar-refractivity contribution in [3.8, 4) is 0 Å². The smallest absolute Gasteiger partial charge is 0.293 e. The fourth-order valence-electron chi connectivity index (χ4n) is 3.62. The highest BCUT2D eigenvalue weighted by atomic mass is 16.2. The van der Waals surface area contributed by atoms with E-state index in [-0.39, 0.29) is 17.6 Å². The Hall–Kier alpha value is -2.64. The van der Waals surface area contributed by atoms with Crippen LogP contribution in [0.5, 0.6) is 0 Å². The normalized spacial score (nSPS) is 17.5. The molecule has 2 aliphatic rings. The maximum absolute atomic E-state index is 12.7. The molecular formula is C17H22N6O2. The monoisotopic (exact) mass is 342 g/mol. The minimum Gasteiger partial charge on any atom is -0.339 e. The van der Waals surface area contributed by atoms with Crippen molar-refractivity contribution < 1.29 is 9.59 Å². The van der Waals surface area contributed by atoms with Crippen LogP contribution in [-0.4, -0.2) is 67.1 Å². The summed E-state index contributed by atoms with van der Waals surface area (Å²) in [4.78, 5) is 33.0. The molecule has 4 heterocycles. The van der Waals surface area contributed by atoms with Crippen LogP contribution in [0.25, 0.3) is 0 Å². The van der Waals surface area contributed by atoms with Crippen molar-refractivity contribution in [1.82, 2.24) is 29.1 Å². The van der Waals surface area contributed by atoms with E-state index in [9.17, 15) is 9.59 Å². The van der Waals surface area contributed by atoms with Crippen LogP contribution in [0.3, 0.4) is 0 Å². The fraction of sp³-hybridized carbons (Fsp3) is 0.529. The minimum atomic E-state index is -0.154. The van der Waals surface area contributed by atoms with Gasteiger partial charge in [0.05, 0.1) is 0 Å². The third-order valence-corrected chi connectivity index (χ3v) is 4.99. The average molecular weight is 342 g/mol. The predicted octanol–water partition coefficient (Wildman–Crippen LogP) is 0.551. The number of carbonyl (C=O) groups excluding carboxylic acids is 2. The van der Waals surface area contributed by atoms with E-state index < -0.39 is 0 Å². The molecular weight excluding hydrogens is 320 g/mol. The third-order valence-electron chi connectivity index (χ3n) is 4.99. The number of hydrogen-bond donors (Lipinski definition) is 0. The molecule has 0 saturated carbocycles. The first-order valence-electron chi connectivity index (χ1n) is 8.76. The van der Waals surface area contributed by atoms with Gasteiger partial charge in [0.1, 0.15) is 12.0 Å². The first-order valence-corrected chi connectivity index (χ1v) is 8.76. The maximum atomic E-state index is 12.7. The van der Waals surface area contributed by atoms with Crippen LogP contribution >= 0.6 is 0 Å². The summed E-state index contributed by atoms with van der Waals surface area (Å²) in [6.07, 6.45) is 4.42. The minimum absolute atomic E-state index is 0.106. The number of carbonyl (C=O) groups is 2. The molecule has 0 atom stereocenters. The van der Waals surface area contributed by atoms with Gasteiger partial charge in [-0.1, -0.05) is 0 Å². The number of fused-ring (bicyclic) bond motifs is 1. The molecule has 25 heavy (non-hydrogen) atoms. The number of amides is 2. The molecule has 0 aromatic carbocycles. The molecule has 0 N–H and O–H groups in total. The van der Waals surface area contributed by atoms with Gasteiger partial charge in [-0.15, -0.1) is 5.10 Å². The molecule has 8 nitrogen and oxygen atoms in total. The lowest BCUT2D eigenvalue weighted by molar-refractivity contribution is 0.0746. The van der Waals surface area contributed by atoms with E-state index in [1.165, 1.54) is 11.0 Å². The molecule has 0 aliphatic carbocycles. The second kappa shape index (κ2) is 6.34. The Morgan fingerprint density at radius 2 is 1.72 bits per heavy atom. The second-order valence-electron chi connectivity index (χ2n) is 6.64. The molecule has 4 rings (SSSR count). The summed E-state index contributed by atoms with van der Waals surface area (Å²) in [6, 6.07) is 3.93. The average Bonchev–Trinajstić information content (AvgIpc) is 3.33. The second-order valence-corrected chi connectivity index (χ2v) is 6.64. The Morgan fingerprint density at radius 3 is 2.44 bits per heavy atom. The first-order chi connectivity index (χ1) is 12.1. The third kappa shape index (κ3) is 2.92. The zero-order valence-electron chi connectivity index (χ0n) is 14.4. The zero-order chi connectivity index (χ0) is 17.4. The molecule has 2 aliphatic heterocycles. The summed E-state index contributed by atoms with van der Waals surface area (Å²) in [6.45, 7) is 3.47. The van der Waals surface area contributed by atoms with Crippen molar-refractivity contribution >= 4 is 11.8 Å². The van der Waals surface area contributed by atoms with E-state index in [4.69, 9.17) is 0 Å². The van der Waals surface area contributed by atoms with Gasteiger partial charge >= 0.3 is 0 Å². The van der Waals surface area contributed by atoms with Gasteiger partial charge in [0, 0.05) is 51.9 Å². The molecule has 2 amide bonds. The quantitative estimate of drug-likeness (QED) is 0.799. The van der Waals surface area contributed by atoms with E-state index in [1.807, 2.05) is 17.0 Å². The van der Waals surface area contributed by atoms with E-state index in [0.29, 0.717) is 19.6 Å². The van der Waals surface area contributed by atoms with Gasteiger partial charge in [-0.3, -0.25) is 14.3 Å². The van der Waals surface area contributed by atoms with Crippen molar-refractivity contribution in [3.63, 3.8) is 0 Å². The van der Waals surface area contributed by atoms with Crippen LogP contribution in [-0.2, 0) is 20.0 Å². The summed E-state index contributed by atoms with van der Waals surface area (Å²) >= 11 is 0. The van der Waals surface area contributed by atoms with Crippen LogP contribution in [0, 0.1) is 0 Å².